The number of rotatable bonds is 5. The lowest BCUT2D eigenvalue weighted by atomic mass is 9.93. The van der Waals surface area contributed by atoms with E-state index in [9.17, 15) is 13.5 Å². The van der Waals surface area contributed by atoms with Gasteiger partial charge in [-0.25, -0.2) is 8.42 Å². The topological polar surface area (TPSA) is 54.4 Å². The van der Waals surface area contributed by atoms with Crippen LogP contribution in [-0.2, 0) is 9.84 Å². The molecule has 2 atom stereocenters. The minimum Gasteiger partial charge on any atom is -0.393 e. The van der Waals surface area contributed by atoms with Crippen LogP contribution in [0.1, 0.15) is 51.9 Å². The van der Waals surface area contributed by atoms with Gasteiger partial charge in [-0.05, 0) is 31.6 Å². The largest absolute Gasteiger partial charge is 0.393 e. The highest BCUT2D eigenvalue weighted by molar-refractivity contribution is 7.91. The first-order chi connectivity index (χ1) is 7.55. The van der Waals surface area contributed by atoms with Crippen LogP contribution >= 0.6 is 0 Å². The summed E-state index contributed by atoms with van der Waals surface area (Å²) in [6, 6.07) is 0. The van der Waals surface area contributed by atoms with Crippen LogP contribution in [0.5, 0.6) is 0 Å². The van der Waals surface area contributed by atoms with E-state index >= 15 is 0 Å². The quantitative estimate of drug-likeness (QED) is 0.758. The molecule has 16 heavy (non-hydrogen) atoms. The lowest BCUT2D eigenvalue weighted by Gasteiger charge is -2.19. The Kier molecular flexibility index (Phi) is 5.76. The van der Waals surface area contributed by atoms with Gasteiger partial charge in [0, 0.05) is 5.75 Å². The van der Waals surface area contributed by atoms with Crippen molar-refractivity contribution in [2.45, 2.75) is 58.0 Å². The molecule has 2 unspecified atom stereocenters. The van der Waals surface area contributed by atoms with Gasteiger partial charge in [0.2, 0.25) is 0 Å². The van der Waals surface area contributed by atoms with Gasteiger partial charge >= 0.3 is 0 Å². The molecule has 1 rings (SSSR count). The molecule has 0 aromatic carbocycles. The van der Waals surface area contributed by atoms with Crippen molar-refractivity contribution in [3.05, 3.63) is 0 Å². The molecule has 0 aromatic heterocycles. The van der Waals surface area contributed by atoms with E-state index in [1.807, 2.05) is 0 Å². The van der Waals surface area contributed by atoms with Gasteiger partial charge in [0.1, 0.15) is 9.84 Å². The first-order valence-corrected chi connectivity index (χ1v) is 8.26. The summed E-state index contributed by atoms with van der Waals surface area (Å²) < 4.78 is 22.7. The Labute approximate surface area is 99.2 Å². The molecule has 0 heterocycles. The van der Waals surface area contributed by atoms with E-state index in [-0.39, 0.29) is 17.6 Å². The molecule has 0 saturated heterocycles. The normalized spacial score (nSPS) is 27.6. The second-order valence-electron chi connectivity index (χ2n) is 4.84. The van der Waals surface area contributed by atoms with E-state index in [0.717, 1.165) is 25.7 Å². The molecule has 4 heteroatoms. The summed E-state index contributed by atoms with van der Waals surface area (Å²) in [5, 5.41) is 9.89. The van der Waals surface area contributed by atoms with Gasteiger partial charge in [0.25, 0.3) is 0 Å². The highest BCUT2D eigenvalue weighted by Gasteiger charge is 2.21. The summed E-state index contributed by atoms with van der Waals surface area (Å²) in [5.41, 5.74) is 0. The van der Waals surface area contributed by atoms with Crippen LogP contribution in [0.25, 0.3) is 0 Å². The standard InChI is InChI=1S/C12H24O3S/c1-2-16(14,15)10-6-8-11-7-4-3-5-9-12(11)13/h11-13H,2-10H2,1H3. The van der Waals surface area contributed by atoms with Crippen molar-refractivity contribution in [3.63, 3.8) is 0 Å². The van der Waals surface area contributed by atoms with Crippen LogP contribution in [-0.4, -0.2) is 31.1 Å². The average Bonchev–Trinajstić information content (AvgIpc) is 2.44. The summed E-state index contributed by atoms with van der Waals surface area (Å²) in [7, 11) is -2.83. The molecule has 1 N–H and O–H groups in total. The van der Waals surface area contributed by atoms with E-state index < -0.39 is 9.84 Å². The molecule has 0 aliphatic heterocycles. The van der Waals surface area contributed by atoms with Gasteiger partial charge in [-0.2, -0.15) is 0 Å². The Hall–Kier alpha value is -0.0900. The molecule has 1 aliphatic carbocycles. The van der Waals surface area contributed by atoms with E-state index in [1.165, 1.54) is 12.8 Å². The van der Waals surface area contributed by atoms with Gasteiger partial charge in [-0.15, -0.1) is 0 Å². The van der Waals surface area contributed by atoms with E-state index in [2.05, 4.69) is 0 Å². The Bertz CT molecular complexity index is 285. The van der Waals surface area contributed by atoms with E-state index in [0.29, 0.717) is 12.3 Å². The molecule has 0 bridgehead atoms. The van der Waals surface area contributed by atoms with Crippen LogP contribution in [0.2, 0.25) is 0 Å². The minimum atomic E-state index is -2.83. The van der Waals surface area contributed by atoms with Crippen molar-refractivity contribution < 1.29 is 13.5 Å². The summed E-state index contributed by atoms with van der Waals surface area (Å²) in [6.07, 6.45) is 6.83. The second-order valence-corrected chi connectivity index (χ2v) is 7.32. The first kappa shape index (κ1) is 14.0. The Morgan fingerprint density at radius 3 is 2.56 bits per heavy atom. The third-order valence-electron chi connectivity index (χ3n) is 3.59. The van der Waals surface area contributed by atoms with Gasteiger partial charge in [0.05, 0.1) is 11.9 Å². The molecule has 0 amide bonds. The summed E-state index contributed by atoms with van der Waals surface area (Å²) >= 11 is 0. The van der Waals surface area contributed by atoms with Gasteiger partial charge in [0.15, 0.2) is 0 Å². The number of hydrogen-bond donors (Lipinski definition) is 1. The van der Waals surface area contributed by atoms with Crippen molar-refractivity contribution in [2.24, 2.45) is 5.92 Å². The number of hydrogen-bond acceptors (Lipinski definition) is 3. The van der Waals surface area contributed by atoms with Gasteiger partial charge in [-0.1, -0.05) is 26.2 Å². The zero-order chi connectivity index (χ0) is 12.0. The molecule has 96 valence electrons. The predicted molar refractivity (Wildman–Crippen MR) is 66.1 cm³/mol. The Morgan fingerprint density at radius 1 is 1.19 bits per heavy atom. The second kappa shape index (κ2) is 6.60. The van der Waals surface area contributed by atoms with Gasteiger partial charge in [-0.3, -0.25) is 0 Å². The molecular formula is C12H24O3S. The number of aliphatic hydroxyl groups excluding tert-OH is 1. The molecule has 0 radical (unpaired) electrons. The highest BCUT2D eigenvalue weighted by Crippen LogP contribution is 2.27. The van der Waals surface area contributed by atoms with E-state index in [4.69, 9.17) is 0 Å². The van der Waals surface area contributed by atoms with Crippen molar-refractivity contribution in [2.75, 3.05) is 11.5 Å². The number of sulfone groups is 1. The van der Waals surface area contributed by atoms with Crippen LogP contribution < -0.4 is 0 Å². The predicted octanol–water partition coefficient (Wildman–Crippen LogP) is 2.14. The minimum absolute atomic E-state index is 0.202. The van der Waals surface area contributed by atoms with Crippen molar-refractivity contribution in [3.8, 4) is 0 Å². The van der Waals surface area contributed by atoms with Crippen molar-refractivity contribution >= 4 is 9.84 Å². The fourth-order valence-electron chi connectivity index (χ4n) is 2.41. The fraction of sp³-hybridized carbons (Fsp3) is 1.00. The monoisotopic (exact) mass is 248 g/mol. The van der Waals surface area contributed by atoms with Crippen LogP contribution in [0.15, 0.2) is 0 Å². The lowest BCUT2D eigenvalue weighted by molar-refractivity contribution is 0.0955. The molecule has 1 saturated carbocycles. The molecule has 1 aliphatic rings. The fourth-order valence-corrected chi connectivity index (χ4v) is 3.31. The zero-order valence-electron chi connectivity index (χ0n) is 10.2. The average molecular weight is 248 g/mol. The van der Waals surface area contributed by atoms with Gasteiger partial charge < -0.3 is 5.11 Å². The van der Waals surface area contributed by atoms with Crippen LogP contribution in [0, 0.1) is 5.92 Å². The third kappa shape index (κ3) is 4.83. The van der Waals surface area contributed by atoms with Crippen LogP contribution in [0.3, 0.4) is 0 Å². The Balaban J connectivity index is 2.30. The molecular weight excluding hydrogens is 224 g/mol. The third-order valence-corrected chi connectivity index (χ3v) is 5.38. The van der Waals surface area contributed by atoms with Crippen molar-refractivity contribution in [1.82, 2.24) is 0 Å². The first-order valence-electron chi connectivity index (χ1n) is 6.43. The molecule has 0 spiro atoms. The summed E-state index contributed by atoms with van der Waals surface area (Å²) in [4.78, 5) is 0. The molecule has 3 nitrogen and oxygen atoms in total. The summed E-state index contributed by atoms with van der Waals surface area (Å²) in [6.45, 7) is 1.69. The van der Waals surface area contributed by atoms with Crippen molar-refractivity contribution in [1.29, 1.82) is 0 Å². The van der Waals surface area contributed by atoms with E-state index in [1.54, 1.807) is 6.92 Å². The maximum absolute atomic E-state index is 11.3. The maximum Gasteiger partial charge on any atom is 0.150 e. The zero-order valence-corrected chi connectivity index (χ0v) is 11.0. The number of aliphatic hydroxyl groups is 1. The smallest absolute Gasteiger partial charge is 0.150 e. The summed E-state index contributed by atoms with van der Waals surface area (Å²) in [5.74, 6) is 0.849. The van der Waals surface area contributed by atoms with Crippen LogP contribution in [0.4, 0.5) is 0 Å². The highest BCUT2D eigenvalue weighted by atomic mass is 32.2. The SMILES string of the molecule is CCS(=O)(=O)CCCC1CCCCCC1O. The lowest BCUT2D eigenvalue weighted by Crippen LogP contribution is -2.20. The molecule has 0 aromatic rings. The Morgan fingerprint density at radius 2 is 1.88 bits per heavy atom. The molecule has 1 fully saturated rings. The maximum atomic E-state index is 11.3.